The van der Waals surface area contributed by atoms with Crippen LogP contribution < -0.4 is 0 Å². The minimum atomic E-state index is -1.08. The zero-order chi connectivity index (χ0) is 24.4. The summed E-state index contributed by atoms with van der Waals surface area (Å²) < 4.78 is 12.0. The molecule has 13 atom stereocenters. The van der Waals surface area contributed by atoms with Crippen LogP contribution in [0.1, 0.15) is 73.1 Å². The summed E-state index contributed by atoms with van der Waals surface area (Å²) in [6.45, 7) is 10.2. The van der Waals surface area contributed by atoms with Crippen LogP contribution in [-0.4, -0.2) is 51.5 Å². The molecule has 4 aliphatic carbocycles. The van der Waals surface area contributed by atoms with Gasteiger partial charge in [0.1, 0.15) is 23.4 Å². The van der Waals surface area contributed by atoms with Crippen LogP contribution in [0.2, 0.25) is 0 Å². The number of carbonyl (C=O) groups excluding carboxylic acids is 2. The smallest absolute Gasteiger partial charge is 0.309 e. The average Bonchev–Trinajstić information content (AvgIpc) is 3.40. The molecule has 2 saturated heterocycles. The zero-order valence-electron chi connectivity index (χ0n) is 21.1. The molecule has 0 aromatic rings. The second-order valence-electron chi connectivity index (χ2n) is 13.2. The average molecular weight is 473 g/mol. The fraction of sp³-hybridized carbons (Fsp3) is 0.857. The molecule has 0 bridgehead atoms. The highest BCUT2D eigenvalue weighted by molar-refractivity contribution is 5.98. The van der Waals surface area contributed by atoms with E-state index in [-0.39, 0.29) is 46.9 Å². The molecule has 0 aromatic heterocycles. The maximum atomic E-state index is 13.3. The first-order valence-electron chi connectivity index (χ1n) is 13.4. The Morgan fingerprint density at radius 2 is 1.82 bits per heavy atom. The molecular weight excluding hydrogens is 432 g/mol. The van der Waals surface area contributed by atoms with Gasteiger partial charge in [-0.15, -0.1) is 0 Å². The van der Waals surface area contributed by atoms with Crippen molar-refractivity contribution in [2.24, 2.45) is 46.3 Å². The lowest BCUT2D eigenvalue weighted by Gasteiger charge is -2.59. The van der Waals surface area contributed by atoms with Crippen LogP contribution in [0.4, 0.5) is 0 Å². The number of ether oxygens (including phenoxy) is 2. The predicted octanol–water partition coefficient (Wildman–Crippen LogP) is 3.43. The molecule has 3 saturated carbocycles. The number of allylic oxidation sites excluding steroid dienone is 1. The van der Waals surface area contributed by atoms with Crippen molar-refractivity contribution in [3.8, 4) is 0 Å². The van der Waals surface area contributed by atoms with Gasteiger partial charge >= 0.3 is 5.97 Å². The summed E-state index contributed by atoms with van der Waals surface area (Å²) in [6.07, 6.45) is 7.21. The summed E-state index contributed by atoms with van der Waals surface area (Å²) in [4.78, 5) is 25.8. The van der Waals surface area contributed by atoms with Crippen LogP contribution in [0.25, 0.3) is 0 Å². The maximum Gasteiger partial charge on any atom is 0.309 e. The molecule has 2 aliphatic heterocycles. The second-order valence-corrected chi connectivity index (χ2v) is 13.2. The number of ketones is 1. The van der Waals surface area contributed by atoms with E-state index in [1.165, 1.54) is 0 Å². The number of fused-ring (bicyclic) bond motifs is 4. The van der Waals surface area contributed by atoms with E-state index >= 15 is 0 Å². The van der Waals surface area contributed by atoms with Crippen LogP contribution in [0, 0.1) is 46.3 Å². The third-order valence-corrected chi connectivity index (χ3v) is 12.0. The number of hydrogen-bond donors (Lipinski definition) is 2. The van der Waals surface area contributed by atoms with Gasteiger partial charge in [0.15, 0.2) is 5.78 Å². The molecule has 188 valence electrons. The van der Waals surface area contributed by atoms with Gasteiger partial charge in [0.25, 0.3) is 0 Å². The monoisotopic (exact) mass is 472 g/mol. The fourth-order valence-electron chi connectivity index (χ4n) is 9.80. The van der Waals surface area contributed by atoms with E-state index in [4.69, 9.17) is 9.47 Å². The lowest BCUT2D eigenvalue weighted by Crippen LogP contribution is -2.64. The van der Waals surface area contributed by atoms with Gasteiger partial charge in [0, 0.05) is 0 Å². The summed E-state index contributed by atoms with van der Waals surface area (Å²) in [5.74, 6) is 0.885. The van der Waals surface area contributed by atoms with E-state index in [9.17, 15) is 19.8 Å². The van der Waals surface area contributed by atoms with Gasteiger partial charge in [-0.3, -0.25) is 9.59 Å². The predicted molar refractivity (Wildman–Crippen MR) is 124 cm³/mol. The molecule has 6 nitrogen and oxygen atoms in total. The molecule has 0 aromatic carbocycles. The molecule has 2 N–H and O–H groups in total. The van der Waals surface area contributed by atoms with Crippen LogP contribution in [-0.2, 0) is 19.1 Å². The van der Waals surface area contributed by atoms with Gasteiger partial charge in [0.05, 0.1) is 17.4 Å². The topological polar surface area (TPSA) is 96.4 Å². The molecule has 6 rings (SSSR count). The Morgan fingerprint density at radius 3 is 2.53 bits per heavy atom. The summed E-state index contributed by atoms with van der Waals surface area (Å²) in [7, 11) is 0. The van der Waals surface area contributed by atoms with Crippen molar-refractivity contribution >= 4 is 11.8 Å². The molecular formula is C28H40O6. The summed E-state index contributed by atoms with van der Waals surface area (Å²) >= 11 is 0. The van der Waals surface area contributed by atoms with E-state index in [0.29, 0.717) is 18.3 Å². The molecule has 6 heteroatoms. The Kier molecular flexibility index (Phi) is 4.74. The van der Waals surface area contributed by atoms with Crippen molar-refractivity contribution < 1.29 is 29.3 Å². The summed E-state index contributed by atoms with van der Waals surface area (Å²) in [5, 5.41) is 22.8. The Morgan fingerprint density at radius 1 is 1.09 bits per heavy atom. The quantitative estimate of drug-likeness (QED) is 0.472. The molecule has 5 fully saturated rings. The molecule has 0 amide bonds. The van der Waals surface area contributed by atoms with Crippen LogP contribution in [0.15, 0.2) is 12.2 Å². The highest BCUT2D eigenvalue weighted by atomic mass is 16.6. The van der Waals surface area contributed by atoms with Crippen molar-refractivity contribution in [3.05, 3.63) is 12.2 Å². The zero-order valence-corrected chi connectivity index (χ0v) is 21.1. The highest BCUT2D eigenvalue weighted by Gasteiger charge is 2.80. The number of aliphatic hydroxyl groups is 2. The van der Waals surface area contributed by atoms with Crippen molar-refractivity contribution in [2.75, 3.05) is 0 Å². The second kappa shape index (κ2) is 6.95. The minimum Gasteiger partial charge on any atom is -0.459 e. The molecule has 2 heterocycles. The molecule has 0 unspecified atom stereocenters. The lowest BCUT2D eigenvalue weighted by molar-refractivity contribution is -0.202. The number of carbonyl (C=O) groups is 2. The number of epoxide rings is 1. The summed E-state index contributed by atoms with van der Waals surface area (Å²) in [5.41, 5.74) is -2.61. The first-order chi connectivity index (χ1) is 15.9. The normalized spacial score (nSPS) is 57.6. The van der Waals surface area contributed by atoms with Gasteiger partial charge in [-0.05, 0) is 99.5 Å². The molecule has 34 heavy (non-hydrogen) atoms. The molecule has 0 radical (unpaired) electrons. The third-order valence-electron chi connectivity index (χ3n) is 12.0. The lowest BCUT2D eigenvalue weighted by atomic mass is 9.44. The van der Waals surface area contributed by atoms with E-state index in [2.05, 4.69) is 13.8 Å². The van der Waals surface area contributed by atoms with Crippen LogP contribution >= 0.6 is 0 Å². The molecule has 1 spiro atoms. The van der Waals surface area contributed by atoms with E-state index in [1.807, 2.05) is 20.8 Å². The maximum absolute atomic E-state index is 13.3. The van der Waals surface area contributed by atoms with Crippen LogP contribution in [0.5, 0.6) is 0 Å². The van der Waals surface area contributed by atoms with E-state index < -0.39 is 28.8 Å². The standard InChI is InChI=1S/C28H40O6/c1-14-12-22(33-24(31)15(14)2)27(5,32)19-7-6-17-16-13-23-28(34-23)21(30)9-8-20(29)26(28,4)18(16)10-11-25(17,19)3/h8-9,14-19,21-23,30,32H,6-7,10-13H2,1-5H3/t14-,15+,16+,17-,18+,19-,21-,22+,23+,25-,26-,27+,28+/m0/s1. The molecule has 6 aliphatic rings. The van der Waals surface area contributed by atoms with Crippen molar-refractivity contribution in [3.63, 3.8) is 0 Å². The number of aliphatic hydroxyl groups excluding tert-OH is 1. The number of hydrogen-bond acceptors (Lipinski definition) is 6. The number of cyclic esters (lactones) is 1. The number of esters is 1. The minimum absolute atomic E-state index is 0.0384. The van der Waals surface area contributed by atoms with Gasteiger partial charge in [-0.2, -0.15) is 0 Å². The third kappa shape index (κ3) is 2.58. The van der Waals surface area contributed by atoms with Crippen molar-refractivity contribution in [1.29, 1.82) is 0 Å². The Labute approximate surface area is 202 Å². The highest BCUT2D eigenvalue weighted by Crippen LogP contribution is 2.73. The van der Waals surface area contributed by atoms with Gasteiger partial charge in [-0.25, -0.2) is 0 Å². The largest absolute Gasteiger partial charge is 0.459 e. The first-order valence-corrected chi connectivity index (χ1v) is 13.4. The SMILES string of the molecule is C[C@H]1C[C@H]([C@](C)(O)[C@H]2CC[C@H]3[C@H]4C[C@H]5O[C@]56[C@@H](O)C=CC(=O)[C@]6(C)[C@@H]4CC[C@]23C)OC(=O)[C@@H]1C. The Bertz CT molecular complexity index is 957. The van der Waals surface area contributed by atoms with Crippen molar-refractivity contribution in [1.82, 2.24) is 0 Å². The van der Waals surface area contributed by atoms with Gasteiger partial charge in [0.2, 0.25) is 0 Å². The first kappa shape index (κ1) is 23.2. The summed E-state index contributed by atoms with van der Waals surface area (Å²) in [6, 6.07) is 0. The van der Waals surface area contributed by atoms with Gasteiger partial charge < -0.3 is 19.7 Å². The van der Waals surface area contributed by atoms with Gasteiger partial charge in [-0.1, -0.05) is 20.8 Å². The fourth-order valence-corrected chi connectivity index (χ4v) is 9.80. The van der Waals surface area contributed by atoms with Crippen molar-refractivity contribution in [2.45, 2.75) is 103 Å². The Hall–Kier alpha value is -1.24. The van der Waals surface area contributed by atoms with E-state index in [0.717, 1.165) is 32.1 Å². The Balaban J connectivity index is 1.30. The van der Waals surface area contributed by atoms with E-state index in [1.54, 1.807) is 12.2 Å². The number of rotatable bonds is 2. The van der Waals surface area contributed by atoms with Crippen LogP contribution in [0.3, 0.4) is 0 Å².